The Labute approximate surface area is 133 Å². The van der Waals surface area contributed by atoms with Crippen molar-refractivity contribution in [3.8, 4) is 17.3 Å². The molecule has 23 heavy (non-hydrogen) atoms. The van der Waals surface area contributed by atoms with Crippen molar-refractivity contribution < 1.29 is 4.79 Å². The molecule has 116 valence electrons. The molecule has 2 aromatic rings. The molecule has 6 heteroatoms. The Bertz CT molecular complexity index is 815. The van der Waals surface area contributed by atoms with E-state index in [1.165, 1.54) is 10.6 Å². The summed E-state index contributed by atoms with van der Waals surface area (Å²) in [6, 6.07) is 8.65. The van der Waals surface area contributed by atoms with E-state index in [4.69, 9.17) is 5.26 Å². The van der Waals surface area contributed by atoms with Crippen LogP contribution in [-0.4, -0.2) is 33.4 Å². The monoisotopic (exact) mass is 308 g/mol. The minimum atomic E-state index is -0.443. The summed E-state index contributed by atoms with van der Waals surface area (Å²) in [6.45, 7) is 1.40. The number of nitrogens with zero attached hydrogens (tertiary/aromatic N) is 4. The van der Waals surface area contributed by atoms with Crippen molar-refractivity contribution >= 4 is 5.91 Å². The van der Waals surface area contributed by atoms with Gasteiger partial charge in [-0.25, -0.2) is 0 Å². The molecule has 0 aromatic carbocycles. The first-order chi connectivity index (χ1) is 11.2. The molecule has 0 bridgehead atoms. The topological polar surface area (TPSA) is 79.0 Å². The Kier molecular flexibility index (Phi) is 4.20. The molecule has 0 radical (unpaired) electrons. The molecule has 0 saturated carbocycles. The van der Waals surface area contributed by atoms with Gasteiger partial charge in [-0.15, -0.1) is 0 Å². The second kappa shape index (κ2) is 6.44. The molecule has 1 aliphatic rings. The fourth-order valence-electron chi connectivity index (χ4n) is 2.79. The summed E-state index contributed by atoms with van der Waals surface area (Å²) in [5.74, 6) is -0.0927. The van der Waals surface area contributed by atoms with Crippen LogP contribution in [0.2, 0.25) is 0 Å². The van der Waals surface area contributed by atoms with Crippen LogP contribution in [0.1, 0.15) is 18.4 Å². The predicted octanol–water partition coefficient (Wildman–Crippen LogP) is 1.40. The molecule has 0 atom stereocenters. The fourth-order valence-corrected chi connectivity index (χ4v) is 2.79. The van der Waals surface area contributed by atoms with E-state index in [0.29, 0.717) is 5.69 Å². The molecule has 1 aliphatic heterocycles. The van der Waals surface area contributed by atoms with Crippen molar-refractivity contribution in [3.05, 3.63) is 52.6 Å². The van der Waals surface area contributed by atoms with E-state index in [-0.39, 0.29) is 18.0 Å². The first kappa shape index (κ1) is 15.0. The van der Waals surface area contributed by atoms with Crippen LogP contribution in [-0.2, 0) is 11.3 Å². The number of pyridine rings is 2. The molecular formula is C17H16N4O2. The number of carbonyl (C=O) groups excluding carboxylic acids is 1. The van der Waals surface area contributed by atoms with Crippen LogP contribution in [0.15, 0.2) is 41.5 Å². The summed E-state index contributed by atoms with van der Waals surface area (Å²) in [7, 11) is 0. The molecular weight excluding hydrogens is 292 g/mol. The summed E-state index contributed by atoms with van der Waals surface area (Å²) >= 11 is 0. The average Bonchev–Trinajstić information content (AvgIpc) is 3.12. The second-order valence-electron chi connectivity index (χ2n) is 5.46. The number of hydrogen-bond donors (Lipinski definition) is 0. The molecule has 0 aliphatic carbocycles. The van der Waals surface area contributed by atoms with Gasteiger partial charge in [-0.05, 0) is 37.1 Å². The first-order valence-corrected chi connectivity index (χ1v) is 7.53. The summed E-state index contributed by atoms with van der Waals surface area (Å²) in [5, 5.41) is 9.08. The smallest absolute Gasteiger partial charge is 0.269 e. The van der Waals surface area contributed by atoms with Crippen LogP contribution in [0.4, 0.5) is 0 Å². The number of hydrogen-bond acceptors (Lipinski definition) is 4. The van der Waals surface area contributed by atoms with E-state index in [1.807, 2.05) is 12.1 Å². The molecule has 3 heterocycles. The van der Waals surface area contributed by atoms with Gasteiger partial charge in [0, 0.05) is 31.0 Å². The highest BCUT2D eigenvalue weighted by Gasteiger charge is 2.20. The number of carbonyl (C=O) groups is 1. The summed E-state index contributed by atoms with van der Waals surface area (Å²) in [6.07, 6.45) is 5.27. The van der Waals surface area contributed by atoms with E-state index in [2.05, 4.69) is 4.98 Å². The molecule has 6 nitrogen and oxygen atoms in total. The van der Waals surface area contributed by atoms with E-state index in [9.17, 15) is 9.59 Å². The van der Waals surface area contributed by atoms with Crippen molar-refractivity contribution in [2.75, 3.05) is 13.1 Å². The van der Waals surface area contributed by atoms with Gasteiger partial charge in [0.1, 0.15) is 18.2 Å². The van der Waals surface area contributed by atoms with Gasteiger partial charge < -0.3 is 4.90 Å². The van der Waals surface area contributed by atoms with Crippen molar-refractivity contribution in [2.24, 2.45) is 0 Å². The number of aromatic nitrogens is 2. The minimum absolute atomic E-state index is 0.0341. The van der Waals surface area contributed by atoms with Crippen molar-refractivity contribution in [1.29, 1.82) is 5.26 Å². The maximum absolute atomic E-state index is 12.5. The molecule has 0 spiro atoms. The van der Waals surface area contributed by atoms with Crippen LogP contribution in [0.25, 0.3) is 11.3 Å². The van der Waals surface area contributed by atoms with Crippen LogP contribution < -0.4 is 5.56 Å². The number of amides is 1. The molecule has 3 rings (SSSR count). The van der Waals surface area contributed by atoms with Crippen molar-refractivity contribution in [2.45, 2.75) is 19.4 Å². The summed E-state index contributed by atoms with van der Waals surface area (Å²) in [5.41, 5.74) is 0.922. The normalized spacial score (nSPS) is 13.8. The fraction of sp³-hybridized carbons (Fsp3) is 0.294. The lowest BCUT2D eigenvalue weighted by atomic mass is 10.1. The Morgan fingerprint density at radius 3 is 2.70 bits per heavy atom. The highest BCUT2D eigenvalue weighted by molar-refractivity contribution is 5.77. The van der Waals surface area contributed by atoms with Gasteiger partial charge in [0.15, 0.2) is 0 Å². The highest BCUT2D eigenvalue weighted by Crippen LogP contribution is 2.18. The first-order valence-electron chi connectivity index (χ1n) is 7.53. The number of likely N-dealkylation sites (tertiary alicyclic amines) is 1. The lowest BCUT2D eigenvalue weighted by Gasteiger charge is -2.18. The van der Waals surface area contributed by atoms with Crippen LogP contribution in [0.5, 0.6) is 0 Å². The van der Waals surface area contributed by atoms with Gasteiger partial charge in [-0.1, -0.05) is 0 Å². The lowest BCUT2D eigenvalue weighted by molar-refractivity contribution is -0.130. The van der Waals surface area contributed by atoms with Crippen LogP contribution >= 0.6 is 0 Å². The molecule has 1 saturated heterocycles. The Hall–Kier alpha value is -2.94. The third kappa shape index (κ3) is 2.99. The van der Waals surface area contributed by atoms with Gasteiger partial charge in [0.05, 0.1) is 5.69 Å². The zero-order chi connectivity index (χ0) is 16.2. The third-order valence-corrected chi connectivity index (χ3v) is 4.00. The van der Waals surface area contributed by atoms with E-state index >= 15 is 0 Å². The number of nitriles is 1. The Balaban J connectivity index is 2.04. The standard InChI is InChI=1S/C17H16N4O2/c18-10-13-5-6-15(14-4-3-7-19-11-14)21(17(13)23)12-16(22)20-8-1-2-9-20/h3-7,11H,1-2,8-9,12H2. The van der Waals surface area contributed by atoms with E-state index < -0.39 is 5.56 Å². The largest absolute Gasteiger partial charge is 0.341 e. The van der Waals surface area contributed by atoms with Crippen LogP contribution in [0.3, 0.4) is 0 Å². The third-order valence-electron chi connectivity index (χ3n) is 4.00. The number of rotatable bonds is 3. The van der Waals surface area contributed by atoms with Gasteiger partial charge in [0.2, 0.25) is 5.91 Å². The quantitative estimate of drug-likeness (QED) is 0.858. The molecule has 1 amide bonds. The van der Waals surface area contributed by atoms with E-state index in [0.717, 1.165) is 31.5 Å². The van der Waals surface area contributed by atoms with Gasteiger partial charge in [-0.2, -0.15) is 5.26 Å². The Morgan fingerprint density at radius 2 is 2.04 bits per heavy atom. The second-order valence-corrected chi connectivity index (χ2v) is 5.46. The minimum Gasteiger partial charge on any atom is -0.341 e. The summed E-state index contributed by atoms with van der Waals surface area (Å²) in [4.78, 5) is 30.7. The Morgan fingerprint density at radius 1 is 1.26 bits per heavy atom. The van der Waals surface area contributed by atoms with Gasteiger partial charge in [0.25, 0.3) is 5.56 Å². The zero-order valence-electron chi connectivity index (χ0n) is 12.6. The molecule has 2 aromatic heterocycles. The lowest BCUT2D eigenvalue weighted by Crippen LogP contribution is -2.35. The molecule has 1 fully saturated rings. The molecule has 0 unspecified atom stereocenters. The predicted molar refractivity (Wildman–Crippen MR) is 84.5 cm³/mol. The van der Waals surface area contributed by atoms with Gasteiger partial charge >= 0.3 is 0 Å². The van der Waals surface area contributed by atoms with Crippen LogP contribution in [0, 0.1) is 11.3 Å². The highest BCUT2D eigenvalue weighted by atomic mass is 16.2. The molecule has 0 N–H and O–H groups in total. The average molecular weight is 308 g/mol. The SMILES string of the molecule is N#Cc1ccc(-c2cccnc2)n(CC(=O)N2CCCC2)c1=O. The van der Waals surface area contributed by atoms with Gasteiger partial charge in [-0.3, -0.25) is 19.1 Å². The maximum atomic E-state index is 12.5. The zero-order valence-corrected chi connectivity index (χ0v) is 12.6. The van der Waals surface area contributed by atoms with Crippen molar-refractivity contribution in [1.82, 2.24) is 14.5 Å². The van der Waals surface area contributed by atoms with E-state index in [1.54, 1.807) is 29.4 Å². The maximum Gasteiger partial charge on any atom is 0.269 e. The summed E-state index contributed by atoms with van der Waals surface area (Å²) < 4.78 is 1.37. The van der Waals surface area contributed by atoms with Crippen molar-refractivity contribution in [3.63, 3.8) is 0 Å².